The summed E-state index contributed by atoms with van der Waals surface area (Å²) in [6.45, 7) is -0.180. The predicted molar refractivity (Wildman–Crippen MR) is 79.9 cm³/mol. The maximum absolute atomic E-state index is 11.9. The summed E-state index contributed by atoms with van der Waals surface area (Å²) in [5, 5.41) is 15.3. The van der Waals surface area contributed by atoms with Crippen LogP contribution in [0.2, 0.25) is 0 Å². The maximum Gasteiger partial charge on any atom is 0.223 e. The Kier molecular flexibility index (Phi) is 4.78. The van der Waals surface area contributed by atoms with Crippen molar-refractivity contribution in [3.63, 3.8) is 0 Å². The summed E-state index contributed by atoms with van der Waals surface area (Å²) >= 11 is 0. The van der Waals surface area contributed by atoms with Crippen LogP contribution >= 0.6 is 0 Å². The Labute approximate surface area is 130 Å². The van der Waals surface area contributed by atoms with Gasteiger partial charge in [0, 0.05) is 12.0 Å². The van der Waals surface area contributed by atoms with E-state index in [1.165, 1.54) is 6.42 Å². The highest BCUT2D eigenvalue weighted by molar-refractivity contribution is 5.81. The van der Waals surface area contributed by atoms with Crippen LogP contribution in [0.15, 0.2) is 12.2 Å². The molecular weight excluding hydrogens is 284 g/mol. The van der Waals surface area contributed by atoms with Crippen molar-refractivity contribution in [1.82, 2.24) is 10.6 Å². The van der Waals surface area contributed by atoms with E-state index in [0.29, 0.717) is 6.04 Å². The average Bonchev–Trinajstić information content (AvgIpc) is 3.29. The summed E-state index contributed by atoms with van der Waals surface area (Å²) in [6, 6.07) is 0.00308. The molecule has 2 aliphatic carbocycles. The van der Waals surface area contributed by atoms with Crippen LogP contribution in [0.1, 0.15) is 38.5 Å². The minimum absolute atomic E-state index is 0.0171. The molecule has 122 valence electrons. The number of carbonyl (C=O) groups excluding carboxylic acids is 2. The Hall–Kier alpha value is -1.40. The summed E-state index contributed by atoms with van der Waals surface area (Å²) in [7, 11) is 0. The summed E-state index contributed by atoms with van der Waals surface area (Å²) in [5.74, 6) is 0.133. The smallest absolute Gasteiger partial charge is 0.223 e. The van der Waals surface area contributed by atoms with E-state index in [-0.39, 0.29) is 42.9 Å². The van der Waals surface area contributed by atoms with Gasteiger partial charge in [-0.1, -0.05) is 12.2 Å². The molecule has 22 heavy (non-hydrogen) atoms. The fourth-order valence-electron chi connectivity index (χ4n) is 2.79. The SMILES string of the molecule is O=C(C[C@H]1C=C[C@H](NC(=O)C2CC2)[C@H](CO)O1)NC1CCC1. The van der Waals surface area contributed by atoms with Gasteiger partial charge in [-0.25, -0.2) is 0 Å². The standard InChI is InChI=1S/C16H24N2O4/c19-9-14-13(18-16(21)10-4-5-10)7-6-12(22-14)8-15(20)17-11-2-1-3-11/h6-7,10-14,19H,1-5,8-9H2,(H,17,20)(H,18,21)/t12-,13+,14+/m1/s1. The predicted octanol–water partition coefficient (Wildman–Crippen LogP) is 0.256. The van der Waals surface area contributed by atoms with Crippen LogP contribution in [-0.2, 0) is 14.3 Å². The van der Waals surface area contributed by atoms with E-state index in [1.54, 1.807) is 0 Å². The second-order valence-electron chi connectivity index (χ2n) is 6.49. The van der Waals surface area contributed by atoms with E-state index >= 15 is 0 Å². The zero-order valence-corrected chi connectivity index (χ0v) is 12.7. The molecule has 3 aliphatic rings. The molecule has 0 unspecified atom stereocenters. The van der Waals surface area contributed by atoms with Crippen LogP contribution in [0.3, 0.4) is 0 Å². The van der Waals surface area contributed by atoms with Gasteiger partial charge in [-0.3, -0.25) is 9.59 Å². The fraction of sp³-hybridized carbons (Fsp3) is 0.750. The summed E-state index contributed by atoms with van der Waals surface area (Å²) in [4.78, 5) is 23.7. The zero-order chi connectivity index (χ0) is 15.5. The summed E-state index contributed by atoms with van der Waals surface area (Å²) in [6.07, 6.45) is 8.25. The minimum Gasteiger partial charge on any atom is -0.394 e. The third kappa shape index (κ3) is 3.87. The number of carbonyl (C=O) groups is 2. The van der Waals surface area contributed by atoms with Crippen LogP contribution in [0.25, 0.3) is 0 Å². The second kappa shape index (κ2) is 6.79. The van der Waals surface area contributed by atoms with Gasteiger partial charge in [0.05, 0.1) is 25.2 Å². The van der Waals surface area contributed by atoms with Crippen molar-refractivity contribution in [3.05, 3.63) is 12.2 Å². The number of hydrogen-bond acceptors (Lipinski definition) is 4. The van der Waals surface area contributed by atoms with Gasteiger partial charge in [0.25, 0.3) is 0 Å². The lowest BCUT2D eigenvalue weighted by Gasteiger charge is -2.32. The number of rotatable bonds is 6. The van der Waals surface area contributed by atoms with Crippen LogP contribution in [0, 0.1) is 5.92 Å². The van der Waals surface area contributed by atoms with Crippen LogP contribution < -0.4 is 10.6 Å². The van der Waals surface area contributed by atoms with Crippen molar-refractivity contribution < 1.29 is 19.4 Å². The highest BCUT2D eigenvalue weighted by Crippen LogP contribution is 2.29. The minimum atomic E-state index is -0.491. The Morgan fingerprint density at radius 2 is 1.91 bits per heavy atom. The monoisotopic (exact) mass is 308 g/mol. The highest BCUT2D eigenvalue weighted by Gasteiger charge is 2.34. The van der Waals surface area contributed by atoms with Gasteiger partial charge in [-0.15, -0.1) is 0 Å². The lowest BCUT2D eigenvalue weighted by Crippen LogP contribution is -2.49. The van der Waals surface area contributed by atoms with E-state index in [4.69, 9.17) is 4.74 Å². The molecule has 0 aromatic heterocycles. The van der Waals surface area contributed by atoms with Crippen LogP contribution in [-0.4, -0.2) is 47.8 Å². The molecule has 1 heterocycles. The molecule has 0 spiro atoms. The molecule has 0 aromatic carbocycles. The average molecular weight is 308 g/mol. The lowest BCUT2D eigenvalue weighted by molar-refractivity contribution is -0.129. The van der Waals surface area contributed by atoms with Crippen LogP contribution in [0.4, 0.5) is 0 Å². The van der Waals surface area contributed by atoms with Gasteiger partial charge in [-0.2, -0.15) is 0 Å². The molecule has 2 amide bonds. The van der Waals surface area contributed by atoms with Crippen molar-refractivity contribution >= 4 is 11.8 Å². The lowest BCUT2D eigenvalue weighted by atomic mass is 9.93. The van der Waals surface area contributed by atoms with Crippen molar-refractivity contribution in [3.8, 4) is 0 Å². The molecule has 0 aromatic rings. The first-order valence-corrected chi connectivity index (χ1v) is 8.20. The van der Waals surface area contributed by atoms with E-state index in [2.05, 4.69) is 10.6 Å². The van der Waals surface area contributed by atoms with Crippen LogP contribution in [0.5, 0.6) is 0 Å². The third-order valence-electron chi connectivity index (χ3n) is 4.58. The Morgan fingerprint density at radius 1 is 1.14 bits per heavy atom. The molecule has 0 radical (unpaired) electrons. The van der Waals surface area contributed by atoms with Gasteiger partial charge < -0.3 is 20.5 Å². The normalized spacial score (nSPS) is 31.4. The number of aliphatic hydroxyl groups excluding tert-OH is 1. The topological polar surface area (TPSA) is 87.7 Å². The van der Waals surface area contributed by atoms with Crippen molar-refractivity contribution in [2.45, 2.75) is 62.8 Å². The first-order valence-electron chi connectivity index (χ1n) is 8.20. The summed E-state index contributed by atoms with van der Waals surface area (Å²) < 4.78 is 5.74. The second-order valence-corrected chi connectivity index (χ2v) is 6.49. The molecule has 6 nitrogen and oxygen atoms in total. The van der Waals surface area contributed by atoms with Crippen molar-refractivity contribution in [2.24, 2.45) is 5.92 Å². The van der Waals surface area contributed by atoms with Crippen molar-refractivity contribution in [1.29, 1.82) is 0 Å². The highest BCUT2D eigenvalue weighted by atomic mass is 16.5. The molecule has 2 saturated carbocycles. The fourth-order valence-corrected chi connectivity index (χ4v) is 2.79. The van der Waals surface area contributed by atoms with E-state index in [1.807, 2.05) is 12.2 Å². The number of amides is 2. The quantitative estimate of drug-likeness (QED) is 0.614. The number of nitrogens with one attached hydrogen (secondary N) is 2. The van der Waals surface area contributed by atoms with E-state index in [0.717, 1.165) is 25.7 Å². The molecule has 0 saturated heterocycles. The Bertz CT molecular complexity index is 457. The number of hydrogen-bond donors (Lipinski definition) is 3. The zero-order valence-electron chi connectivity index (χ0n) is 12.7. The molecule has 6 heteroatoms. The number of aliphatic hydroxyl groups is 1. The molecule has 3 atom stereocenters. The Balaban J connectivity index is 1.49. The summed E-state index contributed by atoms with van der Waals surface area (Å²) in [5.41, 5.74) is 0. The first kappa shape index (κ1) is 15.5. The van der Waals surface area contributed by atoms with Gasteiger partial charge in [-0.05, 0) is 32.1 Å². The molecule has 3 rings (SSSR count). The molecular formula is C16H24N2O4. The van der Waals surface area contributed by atoms with E-state index in [9.17, 15) is 14.7 Å². The largest absolute Gasteiger partial charge is 0.394 e. The number of ether oxygens (including phenoxy) is 1. The van der Waals surface area contributed by atoms with Gasteiger partial charge in [0.1, 0.15) is 6.10 Å². The molecule has 1 aliphatic heterocycles. The van der Waals surface area contributed by atoms with Crippen molar-refractivity contribution in [2.75, 3.05) is 6.61 Å². The van der Waals surface area contributed by atoms with E-state index < -0.39 is 6.10 Å². The Morgan fingerprint density at radius 3 is 2.50 bits per heavy atom. The maximum atomic E-state index is 11.9. The first-order chi connectivity index (χ1) is 10.7. The van der Waals surface area contributed by atoms with Gasteiger partial charge >= 0.3 is 0 Å². The third-order valence-corrected chi connectivity index (χ3v) is 4.58. The molecule has 2 fully saturated rings. The van der Waals surface area contributed by atoms with Gasteiger partial charge in [0.2, 0.25) is 11.8 Å². The molecule has 3 N–H and O–H groups in total. The van der Waals surface area contributed by atoms with Gasteiger partial charge in [0.15, 0.2) is 0 Å². The molecule has 0 bridgehead atoms.